The highest BCUT2D eigenvalue weighted by molar-refractivity contribution is 6.00. The molecule has 40 heavy (non-hydrogen) atoms. The molecule has 0 atom stereocenters. The van der Waals surface area contributed by atoms with Crippen LogP contribution in [-0.4, -0.2) is 69.8 Å². The SMILES string of the molecule is COc1cc(C(OC)OC)cc(OC)c1C(=O)N1CCC(CCCCN=C(NC#N)Nc2ccc(F)nc2)CC1. The van der Waals surface area contributed by atoms with Gasteiger partial charge in [-0.15, -0.1) is 0 Å². The minimum atomic E-state index is -0.606. The molecule has 216 valence electrons. The van der Waals surface area contributed by atoms with E-state index in [9.17, 15) is 9.18 Å². The molecule has 12 heteroatoms. The van der Waals surface area contributed by atoms with Crippen LogP contribution in [0.25, 0.3) is 0 Å². The van der Waals surface area contributed by atoms with Crippen LogP contribution < -0.4 is 20.1 Å². The number of rotatable bonds is 12. The van der Waals surface area contributed by atoms with Gasteiger partial charge in [-0.2, -0.15) is 9.65 Å². The van der Waals surface area contributed by atoms with Gasteiger partial charge in [0, 0.05) is 39.4 Å². The Morgan fingerprint density at radius 3 is 2.38 bits per heavy atom. The number of anilines is 1. The number of piperidine rings is 1. The molecule has 1 fully saturated rings. The van der Waals surface area contributed by atoms with Crippen molar-refractivity contribution in [2.45, 2.75) is 38.4 Å². The number of carbonyl (C=O) groups excluding carboxylic acids is 1. The molecule has 0 aliphatic carbocycles. The van der Waals surface area contributed by atoms with Gasteiger partial charge in [0.25, 0.3) is 5.91 Å². The quantitative estimate of drug-likeness (QED) is 0.0755. The standard InChI is InChI=1S/C28H37FN6O5/c1-37-22-15-20(27(39-3)40-4)16-23(38-2)25(22)26(36)35-13-10-19(11-14-35)7-5-6-12-31-28(33-18-30)34-21-8-9-24(29)32-17-21/h8-9,15-17,19,27H,5-7,10-14H2,1-4H3,(H2,31,33,34). The Morgan fingerprint density at radius 2 is 1.82 bits per heavy atom. The van der Waals surface area contributed by atoms with Gasteiger partial charge in [-0.05, 0) is 49.4 Å². The van der Waals surface area contributed by atoms with Crippen molar-refractivity contribution in [3.8, 4) is 17.7 Å². The number of halogens is 1. The largest absolute Gasteiger partial charge is 0.496 e. The molecular formula is C28H37FN6O5. The van der Waals surface area contributed by atoms with Crippen LogP contribution in [0, 0.1) is 23.3 Å². The fourth-order valence-electron chi connectivity index (χ4n) is 4.72. The van der Waals surface area contributed by atoms with Gasteiger partial charge in [-0.3, -0.25) is 15.1 Å². The molecule has 1 aliphatic heterocycles. The highest BCUT2D eigenvalue weighted by Gasteiger charge is 2.29. The van der Waals surface area contributed by atoms with E-state index in [0.717, 1.165) is 32.1 Å². The number of methoxy groups -OCH3 is 4. The summed E-state index contributed by atoms with van der Waals surface area (Å²) in [6, 6.07) is 6.24. The molecular weight excluding hydrogens is 519 g/mol. The molecule has 0 saturated carbocycles. The van der Waals surface area contributed by atoms with Crippen LogP contribution in [0.1, 0.15) is 54.3 Å². The summed E-state index contributed by atoms with van der Waals surface area (Å²) in [5.74, 6) is 0.933. The molecule has 3 rings (SSSR count). The maximum Gasteiger partial charge on any atom is 0.261 e. The van der Waals surface area contributed by atoms with Crippen LogP contribution in [0.3, 0.4) is 0 Å². The fraction of sp³-hybridized carbons (Fsp3) is 0.500. The number of nitrogens with one attached hydrogen (secondary N) is 2. The maximum atomic E-state index is 13.5. The van der Waals surface area contributed by atoms with Gasteiger partial charge < -0.3 is 29.2 Å². The Hall–Kier alpha value is -3.95. The van der Waals surface area contributed by atoms with E-state index in [0.29, 0.717) is 59.8 Å². The van der Waals surface area contributed by atoms with E-state index in [2.05, 4.69) is 20.6 Å². The monoisotopic (exact) mass is 556 g/mol. The average molecular weight is 557 g/mol. The van der Waals surface area contributed by atoms with Crippen molar-refractivity contribution in [2.24, 2.45) is 10.9 Å². The molecule has 11 nitrogen and oxygen atoms in total. The summed E-state index contributed by atoms with van der Waals surface area (Å²) in [6.07, 6.45) is 7.25. The van der Waals surface area contributed by atoms with Crippen molar-refractivity contribution >= 4 is 17.6 Å². The summed E-state index contributed by atoms with van der Waals surface area (Å²) in [5, 5.41) is 14.4. The fourth-order valence-corrected chi connectivity index (χ4v) is 4.72. The third kappa shape index (κ3) is 8.27. The molecule has 2 heterocycles. The second kappa shape index (κ2) is 15.6. The molecule has 1 aromatic carbocycles. The molecule has 2 N–H and O–H groups in total. The van der Waals surface area contributed by atoms with Crippen molar-refractivity contribution < 1.29 is 28.1 Å². The van der Waals surface area contributed by atoms with Gasteiger partial charge in [-0.25, -0.2) is 4.98 Å². The van der Waals surface area contributed by atoms with Gasteiger partial charge in [0.15, 0.2) is 12.5 Å². The third-order valence-corrected chi connectivity index (χ3v) is 6.80. The maximum absolute atomic E-state index is 13.5. The Kier molecular flexibility index (Phi) is 11.9. The highest BCUT2D eigenvalue weighted by atomic mass is 19.1. The Morgan fingerprint density at radius 1 is 1.15 bits per heavy atom. The van der Waals surface area contributed by atoms with Crippen molar-refractivity contribution in [3.05, 3.63) is 47.5 Å². The Labute approximate surface area is 234 Å². The van der Waals surface area contributed by atoms with E-state index in [1.165, 1.54) is 46.8 Å². The minimum absolute atomic E-state index is 0.124. The van der Waals surface area contributed by atoms with E-state index in [1.54, 1.807) is 12.1 Å². The predicted molar refractivity (Wildman–Crippen MR) is 148 cm³/mol. The number of aromatic nitrogens is 1. The summed E-state index contributed by atoms with van der Waals surface area (Å²) in [6.45, 7) is 1.84. The first-order valence-corrected chi connectivity index (χ1v) is 13.1. The zero-order valence-corrected chi connectivity index (χ0v) is 23.4. The number of likely N-dealkylation sites (tertiary alicyclic amines) is 1. The normalized spacial score (nSPS) is 14.1. The van der Waals surface area contributed by atoms with Crippen LogP contribution >= 0.6 is 0 Å². The smallest absolute Gasteiger partial charge is 0.261 e. The number of unbranched alkanes of at least 4 members (excludes halogenated alkanes) is 1. The number of aliphatic imine (C=N–C) groups is 1. The first-order chi connectivity index (χ1) is 19.4. The predicted octanol–water partition coefficient (Wildman–Crippen LogP) is 4.09. The Balaban J connectivity index is 1.50. The van der Waals surface area contributed by atoms with Crippen molar-refractivity contribution in [1.82, 2.24) is 15.2 Å². The lowest BCUT2D eigenvalue weighted by atomic mass is 9.91. The number of ether oxygens (including phenoxy) is 4. The number of amides is 1. The average Bonchev–Trinajstić information content (AvgIpc) is 2.98. The van der Waals surface area contributed by atoms with Crippen LogP contribution in [0.15, 0.2) is 35.5 Å². The zero-order chi connectivity index (χ0) is 28.9. The molecule has 0 spiro atoms. The second-order valence-corrected chi connectivity index (χ2v) is 9.30. The molecule has 0 unspecified atom stereocenters. The highest BCUT2D eigenvalue weighted by Crippen LogP contribution is 2.36. The molecule has 1 saturated heterocycles. The molecule has 0 radical (unpaired) electrons. The van der Waals surface area contributed by atoms with E-state index in [1.807, 2.05) is 11.1 Å². The van der Waals surface area contributed by atoms with E-state index in [4.69, 9.17) is 24.2 Å². The summed E-state index contributed by atoms with van der Waals surface area (Å²) >= 11 is 0. The van der Waals surface area contributed by atoms with E-state index in [-0.39, 0.29) is 5.91 Å². The Bertz CT molecular complexity index is 1150. The number of carbonyl (C=O) groups is 1. The molecule has 0 bridgehead atoms. The molecule has 2 aromatic rings. The third-order valence-electron chi connectivity index (χ3n) is 6.80. The minimum Gasteiger partial charge on any atom is -0.496 e. The number of hydrogen-bond donors (Lipinski definition) is 2. The summed E-state index contributed by atoms with van der Waals surface area (Å²) in [5.41, 5.74) is 1.62. The van der Waals surface area contributed by atoms with Gasteiger partial charge in [-0.1, -0.05) is 12.8 Å². The van der Waals surface area contributed by atoms with Crippen LogP contribution in [0.4, 0.5) is 10.1 Å². The van der Waals surface area contributed by atoms with Crippen LogP contribution in [-0.2, 0) is 9.47 Å². The van der Waals surface area contributed by atoms with Gasteiger partial charge >= 0.3 is 0 Å². The number of pyridine rings is 1. The first kappa shape index (κ1) is 30.6. The number of hydrogen-bond acceptors (Lipinski definition) is 8. The first-order valence-electron chi connectivity index (χ1n) is 13.1. The zero-order valence-electron chi connectivity index (χ0n) is 23.4. The van der Waals surface area contributed by atoms with Crippen molar-refractivity contribution in [1.29, 1.82) is 5.26 Å². The lowest BCUT2D eigenvalue weighted by Gasteiger charge is -2.33. The number of guanidine groups is 1. The second-order valence-electron chi connectivity index (χ2n) is 9.30. The van der Waals surface area contributed by atoms with Crippen molar-refractivity contribution in [2.75, 3.05) is 53.4 Å². The number of nitrogens with zero attached hydrogens (tertiary/aromatic N) is 4. The van der Waals surface area contributed by atoms with Gasteiger partial charge in [0.2, 0.25) is 11.9 Å². The molecule has 1 aliphatic rings. The summed E-state index contributed by atoms with van der Waals surface area (Å²) in [7, 11) is 6.13. The van der Waals surface area contributed by atoms with Crippen LogP contribution in [0.5, 0.6) is 11.5 Å². The molecule has 1 aromatic heterocycles. The van der Waals surface area contributed by atoms with Crippen molar-refractivity contribution in [3.63, 3.8) is 0 Å². The van der Waals surface area contributed by atoms with Gasteiger partial charge in [0.1, 0.15) is 17.1 Å². The van der Waals surface area contributed by atoms with E-state index < -0.39 is 12.2 Å². The number of nitriles is 1. The number of benzene rings is 1. The van der Waals surface area contributed by atoms with Crippen LogP contribution in [0.2, 0.25) is 0 Å². The summed E-state index contributed by atoms with van der Waals surface area (Å²) < 4.78 is 34.8. The van der Waals surface area contributed by atoms with E-state index >= 15 is 0 Å². The topological polar surface area (TPSA) is 130 Å². The molecule has 1 amide bonds. The van der Waals surface area contributed by atoms with Gasteiger partial charge in [0.05, 0.1) is 26.1 Å². The lowest BCUT2D eigenvalue weighted by Crippen LogP contribution is -2.38. The lowest BCUT2D eigenvalue weighted by molar-refractivity contribution is -0.106. The summed E-state index contributed by atoms with van der Waals surface area (Å²) in [4.78, 5) is 23.3.